The zero-order valence-electron chi connectivity index (χ0n) is 14.8. The van der Waals surface area contributed by atoms with Gasteiger partial charge in [0.2, 0.25) is 0 Å². The second-order valence-corrected chi connectivity index (χ2v) is 8.47. The number of nitrogens with two attached hydrogens (primary N) is 1. The Morgan fingerprint density at radius 2 is 1.81 bits per heavy atom. The first-order valence-electron chi connectivity index (χ1n) is 8.08. The monoisotopic (exact) mass is 292 g/mol. The molecule has 1 aromatic heterocycles. The van der Waals surface area contributed by atoms with Crippen molar-refractivity contribution in [1.82, 2.24) is 14.7 Å². The molecule has 4 nitrogen and oxygen atoms in total. The summed E-state index contributed by atoms with van der Waals surface area (Å²) in [6.45, 7) is 14.7. The topological polar surface area (TPSA) is 47.1 Å². The molecule has 2 atom stereocenters. The zero-order chi connectivity index (χ0) is 16.0. The molecule has 0 aromatic carbocycles. The van der Waals surface area contributed by atoms with E-state index in [0.29, 0.717) is 0 Å². The lowest BCUT2D eigenvalue weighted by atomic mass is 9.82. The molecule has 120 valence electrons. The number of nitrogens with zero attached hydrogens (tertiary/aromatic N) is 3. The van der Waals surface area contributed by atoms with Gasteiger partial charge in [0, 0.05) is 35.8 Å². The van der Waals surface area contributed by atoms with Crippen LogP contribution in [-0.4, -0.2) is 32.8 Å². The summed E-state index contributed by atoms with van der Waals surface area (Å²) in [5.74, 6) is 0. The van der Waals surface area contributed by atoms with Crippen molar-refractivity contribution in [3.8, 4) is 0 Å². The van der Waals surface area contributed by atoms with E-state index in [2.05, 4.69) is 52.6 Å². The lowest BCUT2D eigenvalue weighted by Crippen LogP contribution is -2.53. The van der Waals surface area contributed by atoms with Gasteiger partial charge in [0.15, 0.2) is 0 Å². The minimum atomic E-state index is 0.0390. The van der Waals surface area contributed by atoms with E-state index in [1.54, 1.807) is 0 Å². The standard InChI is InChI=1S/C17H32N4/c1-16(2,3)15-12(11-20(7)19-15)14-13(18)9-8-10-21(14)17(4,5)6/h11,13-14H,8-10,18H2,1-7H3. The summed E-state index contributed by atoms with van der Waals surface area (Å²) in [7, 11) is 2.01. The van der Waals surface area contributed by atoms with E-state index in [9.17, 15) is 0 Å². The first-order chi connectivity index (χ1) is 9.51. The molecule has 2 rings (SSSR count). The van der Waals surface area contributed by atoms with Gasteiger partial charge < -0.3 is 5.73 Å². The van der Waals surface area contributed by atoms with Crippen molar-refractivity contribution in [2.24, 2.45) is 12.8 Å². The summed E-state index contributed by atoms with van der Waals surface area (Å²) >= 11 is 0. The Bertz CT molecular complexity index is 490. The van der Waals surface area contributed by atoms with E-state index in [1.807, 2.05) is 11.7 Å². The van der Waals surface area contributed by atoms with E-state index >= 15 is 0 Å². The highest BCUT2D eigenvalue weighted by atomic mass is 15.3. The smallest absolute Gasteiger partial charge is 0.0726 e. The fraction of sp³-hybridized carbons (Fsp3) is 0.824. The van der Waals surface area contributed by atoms with Crippen molar-refractivity contribution in [1.29, 1.82) is 0 Å². The van der Waals surface area contributed by atoms with Gasteiger partial charge >= 0.3 is 0 Å². The molecule has 4 heteroatoms. The van der Waals surface area contributed by atoms with E-state index in [0.717, 1.165) is 13.0 Å². The molecular formula is C17H32N4. The Morgan fingerprint density at radius 1 is 1.19 bits per heavy atom. The zero-order valence-corrected chi connectivity index (χ0v) is 14.8. The molecule has 1 saturated heterocycles. The summed E-state index contributed by atoms with van der Waals surface area (Å²) in [6, 6.07) is 0.449. The van der Waals surface area contributed by atoms with E-state index in [1.165, 1.54) is 17.7 Å². The predicted octanol–water partition coefficient (Wildman–Crippen LogP) is 2.98. The molecule has 0 radical (unpaired) electrons. The average molecular weight is 292 g/mol. The molecule has 21 heavy (non-hydrogen) atoms. The normalized spacial score (nSPS) is 25.3. The Kier molecular flexibility index (Phi) is 4.24. The first kappa shape index (κ1) is 16.5. The van der Waals surface area contributed by atoms with Crippen LogP contribution in [0.15, 0.2) is 6.20 Å². The molecule has 1 aliphatic rings. The number of rotatable bonds is 1. The van der Waals surface area contributed by atoms with Crippen LogP contribution in [0, 0.1) is 0 Å². The molecule has 0 amide bonds. The number of likely N-dealkylation sites (tertiary alicyclic amines) is 1. The number of hydrogen-bond donors (Lipinski definition) is 1. The van der Waals surface area contributed by atoms with Gasteiger partial charge in [-0.3, -0.25) is 9.58 Å². The van der Waals surface area contributed by atoms with Crippen molar-refractivity contribution >= 4 is 0 Å². The lowest BCUT2D eigenvalue weighted by molar-refractivity contribution is 0.0375. The molecule has 0 saturated carbocycles. The van der Waals surface area contributed by atoms with Crippen LogP contribution in [-0.2, 0) is 12.5 Å². The minimum Gasteiger partial charge on any atom is -0.326 e. The molecular weight excluding hydrogens is 260 g/mol. The summed E-state index contributed by atoms with van der Waals surface area (Å²) in [6.07, 6.45) is 4.45. The maximum Gasteiger partial charge on any atom is 0.0726 e. The maximum absolute atomic E-state index is 6.54. The van der Waals surface area contributed by atoms with Gasteiger partial charge in [-0.05, 0) is 40.2 Å². The summed E-state index contributed by atoms with van der Waals surface area (Å²) in [4.78, 5) is 2.56. The van der Waals surface area contributed by atoms with E-state index in [-0.39, 0.29) is 23.0 Å². The highest BCUT2D eigenvalue weighted by molar-refractivity contribution is 5.29. The highest BCUT2D eigenvalue weighted by Crippen LogP contribution is 2.39. The average Bonchev–Trinajstić information content (AvgIpc) is 2.69. The molecule has 1 fully saturated rings. The number of hydrogen-bond acceptors (Lipinski definition) is 3. The number of piperidine rings is 1. The molecule has 1 aliphatic heterocycles. The van der Waals surface area contributed by atoms with Crippen molar-refractivity contribution in [2.75, 3.05) is 6.54 Å². The predicted molar refractivity (Wildman–Crippen MR) is 88.3 cm³/mol. The molecule has 0 aliphatic carbocycles. The van der Waals surface area contributed by atoms with Crippen molar-refractivity contribution in [3.05, 3.63) is 17.5 Å². The molecule has 0 spiro atoms. The van der Waals surface area contributed by atoms with Crippen LogP contribution in [0.4, 0.5) is 0 Å². The van der Waals surface area contributed by atoms with E-state index in [4.69, 9.17) is 10.8 Å². The second-order valence-electron chi connectivity index (χ2n) is 8.47. The van der Waals surface area contributed by atoms with Crippen molar-refractivity contribution < 1.29 is 0 Å². The van der Waals surface area contributed by atoms with Gasteiger partial charge in [-0.1, -0.05) is 20.8 Å². The highest BCUT2D eigenvalue weighted by Gasteiger charge is 2.39. The minimum absolute atomic E-state index is 0.0390. The summed E-state index contributed by atoms with van der Waals surface area (Å²) < 4.78 is 1.94. The van der Waals surface area contributed by atoms with Gasteiger partial charge in [-0.2, -0.15) is 5.10 Å². The lowest BCUT2D eigenvalue weighted by Gasteiger charge is -2.47. The third kappa shape index (κ3) is 3.32. The van der Waals surface area contributed by atoms with Crippen LogP contribution in [0.25, 0.3) is 0 Å². The first-order valence-corrected chi connectivity index (χ1v) is 8.08. The van der Waals surface area contributed by atoms with Crippen LogP contribution < -0.4 is 5.73 Å². The number of aryl methyl sites for hydroxylation is 1. The van der Waals surface area contributed by atoms with Gasteiger partial charge in [0.1, 0.15) is 0 Å². The van der Waals surface area contributed by atoms with Crippen molar-refractivity contribution in [2.45, 2.75) is 77.4 Å². The molecule has 2 N–H and O–H groups in total. The van der Waals surface area contributed by atoms with Crippen LogP contribution in [0.5, 0.6) is 0 Å². The van der Waals surface area contributed by atoms with Crippen LogP contribution >= 0.6 is 0 Å². The molecule has 0 bridgehead atoms. The fourth-order valence-corrected chi connectivity index (χ4v) is 3.48. The van der Waals surface area contributed by atoms with Crippen LogP contribution in [0.3, 0.4) is 0 Å². The van der Waals surface area contributed by atoms with Crippen LogP contribution in [0.1, 0.15) is 71.7 Å². The Hall–Kier alpha value is -0.870. The Balaban J connectivity index is 2.51. The fourth-order valence-electron chi connectivity index (χ4n) is 3.48. The van der Waals surface area contributed by atoms with Gasteiger partial charge in [0.05, 0.1) is 11.7 Å². The Morgan fingerprint density at radius 3 is 2.33 bits per heavy atom. The maximum atomic E-state index is 6.54. The summed E-state index contributed by atoms with van der Waals surface area (Å²) in [5.41, 5.74) is 9.19. The Labute approximate surface area is 129 Å². The summed E-state index contributed by atoms with van der Waals surface area (Å²) in [5, 5.41) is 4.74. The molecule has 2 unspecified atom stereocenters. The largest absolute Gasteiger partial charge is 0.326 e. The van der Waals surface area contributed by atoms with Gasteiger partial charge in [-0.25, -0.2) is 0 Å². The van der Waals surface area contributed by atoms with E-state index < -0.39 is 0 Å². The molecule has 2 heterocycles. The molecule has 1 aromatic rings. The van der Waals surface area contributed by atoms with Crippen LogP contribution in [0.2, 0.25) is 0 Å². The van der Waals surface area contributed by atoms with Crippen molar-refractivity contribution in [3.63, 3.8) is 0 Å². The third-order valence-corrected chi connectivity index (χ3v) is 4.43. The number of aromatic nitrogens is 2. The quantitative estimate of drug-likeness (QED) is 0.865. The second kappa shape index (κ2) is 5.40. The third-order valence-electron chi connectivity index (χ3n) is 4.43. The van der Waals surface area contributed by atoms with Gasteiger partial charge in [0.25, 0.3) is 0 Å². The van der Waals surface area contributed by atoms with Gasteiger partial charge in [-0.15, -0.1) is 0 Å². The SMILES string of the molecule is Cn1cc(C2C(N)CCCN2C(C)(C)C)c(C(C)(C)C)n1.